The molecule has 2 aromatic carbocycles. The van der Waals surface area contributed by atoms with E-state index in [2.05, 4.69) is 72.7 Å². The number of nitrogens with one attached hydrogen (secondary N) is 1. The molecule has 1 heterocycles. The summed E-state index contributed by atoms with van der Waals surface area (Å²) >= 11 is 0. The first-order valence-electron chi connectivity index (χ1n) is 6.30. The zero-order valence-corrected chi connectivity index (χ0v) is 10.3. The molecule has 0 fully saturated rings. The minimum absolute atomic E-state index is 0.363. The third kappa shape index (κ3) is 1.82. The van der Waals surface area contributed by atoms with E-state index in [4.69, 9.17) is 0 Å². The molecule has 0 bridgehead atoms. The summed E-state index contributed by atoms with van der Waals surface area (Å²) in [5.74, 6) is 0.363. The Kier molecular flexibility index (Phi) is 2.89. The Morgan fingerprint density at radius 2 is 1.67 bits per heavy atom. The van der Waals surface area contributed by atoms with Gasteiger partial charge in [-0.1, -0.05) is 55.5 Å². The second-order valence-corrected chi connectivity index (χ2v) is 4.54. The van der Waals surface area contributed by atoms with Crippen molar-refractivity contribution in [1.82, 2.24) is 4.98 Å². The molecule has 1 radical (unpaired) electrons. The van der Waals surface area contributed by atoms with Gasteiger partial charge in [0.1, 0.15) is 0 Å². The molecule has 1 N–H and O–H groups in total. The average Bonchev–Trinajstić information content (AvgIpc) is 2.85. The smallest absolute Gasteiger partial charge is 0.0457 e. The van der Waals surface area contributed by atoms with Crippen LogP contribution in [0.25, 0.3) is 10.9 Å². The second-order valence-electron chi connectivity index (χ2n) is 4.54. The van der Waals surface area contributed by atoms with Gasteiger partial charge in [0.05, 0.1) is 0 Å². The van der Waals surface area contributed by atoms with Crippen LogP contribution in [0.4, 0.5) is 0 Å². The van der Waals surface area contributed by atoms with Gasteiger partial charge in [0.2, 0.25) is 0 Å². The number of hydrogen-bond acceptors (Lipinski definition) is 0. The van der Waals surface area contributed by atoms with Gasteiger partial charge in [-0.15, -0.1) is 0 Å². The van der Waals surface area contributed by atoms with Crippen molar-refractivity contribution in [3.05, 3.63) is 78.8 Å². The highest BCUT2D eigenvalue weighted by Crippen LogP contribution is 2.32. The monoisotopic (exact) mass is 234 g/mol. The maximum Gasteiger partial charge on any atom is 0.0457 e. The van der Waals surface area contributed by atoms with E-state index >= 15 is 0 Å². The van der Waals surface area contributed by atoms with Gasteiger partial charge in [-0.25, -0.2) is 0 Å². The molecule has 0 saturated carbocycles. The van der Waals surface area contributed by atoms with E-state index in [9.17, 15) is 0 Å². The minimum Gasteiger partial charge on any atom is -0.361 e. The van der Waals surface area contributed by atoms with Gasteiger partial charge in [-0.05, 0) is 23.6 Å². The highest BCUT2D eigenvalue weighted by molar-refractivity contribution is 5.84. The molecule has 0 spiro atoms. The largest absolute Gasteiger partial charge is 0.361 e. The summed E-state index contributed by atoms with van der Waals surface area (Å²) < 4.78 is 0. The lowest BCUT2D eigenvalue weighted by molar-refractivity contribution is 0.834. The van der Waals surface area contributed by atoms with E-state index < -0.39 is 0 Å². The molecule has 1 heteroatoms. The Balaban J connectivity index is 2.12. The molecule has 89 valence electrons. The van der Waals surface area contributed by atoms with Crippen LogP contribution in [0.5, 0.6) is 0 Å². The fourth-order valence-corrected chi connectivity index (χ4v) is 2.57. The molecule has 1 unspecified atom stereocenters. The molecule has 1 nitrogen and oxygen atoms in total. The molecule has 0 amide bonds. The predicted molar refractivity (Wildman–Crippen MR) is 76.6 cm³/mol. The average molecular weight is 234 g/mol. The topological polar surface area (TPSA) is 15.8 Å². The number of H-pyrrole nitrogens is 1. The van der Waals surface area contributed by atoms with E-state index in [1.165, 1.54) is 22.0 Å². The summed E-state index contributed by atoms with van der Waals surface area (Å²) in [6.07, 6.45) is 2.99. The van der Waals surface area contributed by atoms with Crippen molar-refractivity contribution in [2.75, 3.05) is 0 Å². The minimum atomic E-state index is 0.363. The first-order valence-corrected chi connectivity index (χ1v) is 6.30. The molecule has 3 aromatic rings. The van der Waals surface area contributed by atoms with Crippen LogP contribution in [0, 0.1) is 6.92 Å². The van der Waals surface area contributed by atoms with E-state index in [1.807, 2.05) is 0 Å². The van der Waals surface area contributed by atoms with Gasteiger partial charge >= 0.3 is 0 Å². The molecular weight excluding hydrogens is 218 g/mol. The molecule has 3 rings (SSSR count). The van der Waals surface area contributed by atoms with Crippen molar-refractivity contribution < 1.29 is 0 Å². The fraction of sp³-hybridized carbons (Fsp3) is 0.118. The van der Waals surface area contributed by atoms with Gasteiger partial charge in [-0.2, -0.15) is 0 Å². The van der Waals surface area contributed by atoms with Crippen LogP contribution in [-0.4, -0.2) is 4.98 Å². The van der Waals surface area contributed by atoms with Crippen molar-refractivity contribution in [3.8, 4) is 0 Å². The van der Waals surface area contributed by atoms with Crippen LogP contribution < -0.4 is 0 Å². The van der Waals surface area contributed by atoms with Crippen LogP contribution in [0.3, 0.4) is 0 Å². The van der Waals surface area contributed by atoms with Crippen LogP contribution in [0.15, 0.2) is 60.8 Å². The Morgan fingerprint density at radius 3 is 2.44 bits per heavy atom. The van der Waals surface area contributed by atoms with Crippen LogP contribution in [0.1, 0.15) is 23.5 Å². The summed E-state index contributed by atoms with van der Waals surface area (Å²) in [5.41, 5.74) is 3.87. The fourth-order valence-electron chi connectivity index (χ4n) is 2.57. The molecule has 0 aliphatic rings. The summed E-state index contributed by atoms with van der Waals surface area (Å²) in [6, 6.07) is 19.0. The second kappa shape index (κ2) is 4.69. The lowest BCUT2D eigenvalue weighted by Gasteiger charge is -2.14. The number of para-hydroxylation sites is 1. The number of hydrogen-bond donors (Lipinski definition) is 1. The summed E-state index contributed by atoms with van der Waals surface area (Å²) in [4.78, 5) is 3.34. The number of benzene rings is 2. The number of aromatic nitrogens is 1. The summed E-state index contributed by atoms with van der Waals surface area (Å²) in [7, 11) is 0. The van der Waals surface area contributed by atoms with Crippen LogP contribution >= 0.6 is 0 Å². The maximum absolute atomic E-state index is 4.11. The molecule has 0 aliphatic heterocycles. The summed E-state index contributed by atoms with van der Waals surface area (Å²) in [6.45, 7) is 4.11. The summed E-state index contributed by atoms with van der Waals surface area (Å²) in [5, 5.41) is 1.30. The van der Waals surface area contributed by atoms with Crippen molar-refractivity contribution in [1.29, 1.82) is 0 Å². The van der Waals surface area contributed by atoms with E-state index in [-0.39, 0.29) is 0 Å². The van der Waals surface area contributed by atoms with Crippen molar-refractivity contribution in [3.63, 3.8) is 0 Å². The predicted octanol–water partition coefficient (Wildman–Crippen LogP) is 4.52. The third-order valence-electron chi connectivity index (χ3n) is 3.49. The highest BCUT2D eigenvalue weighted by Gasteiger charge is 2.15. The Hall–Kier alpha value is -2.02. The molecule has 0 aliphatic carbocycles. The van der Waals surface area contributed by atoms with Crippen molar-refractivity contribution in [2.45, 2.75) is 12.3 Å². The van der Waals surface area contributed by atoms with Crippen molar-refractivity contribution >= 4 is 10.9 Å². The van der Waals surface area contributed by atoms with E-state index in [0.717, 1.165) is 6.42 Å². The quantitative estimate of drug-likeness (QED) is 0.685. The Morgan fingerprint density at radius 1 is 0.944 bits per heavy atom. The molecule has 0 saturated heterocycles. The lowest BCUT2D eigenvalue weighted by atomic mass is 9.89. The van der Waals surface area contributed by atoms with E-state index in [0.29, 0.717) is 5.92 Å². The zero-order valence-electron chi connectivity index (χ0n) is 10.3. The van der Waals surface area contributed by atoms with Gasteiger partial charge < -0.3 is 4.98 Å². The van der Waals surface area contributed by atoms with Gasteiger partial charge in [0, 0.05) is 23.0 Å². The lowest BCUT2D eigenvalue weighted by Crippen LogP contribution is -1.98. The zero-order chi connectivity index (χ0) is 12.4. The number of fused-ring (bicyclic) bond motifs is 1. The van der Waals surface area contributed by atoms with Crippen LogP contribution in [-0.2, 0) is 0 Å². The molecule has 1 aromatic heterocycles. The number of aromatic amines is 1. The maximum atomic E-state index is 4.11. The Bertz CT molecular complexity index is 637. The standard InChI is InChI=1S/C17H16N/c1-2-14(13-8-4-3-5-9-13)16-12-18-17-11-7-6-10-15(16)17/h3-12,14,18H,1-2H2. The number of rotatable bonds is 3. The molecule has 1 atom stereocenters. The SMILES string of the molecule is [CH2]CC(c1ccccc1)c1c[nH]c2ccccc12. The van der Waals surface area contributed by atoms with Crippen molar-refractivity contribution in [2.24, 2.45) is 0 Å². The van der Waals surface area contributed by atoms with Gasteiger partial charge in [0.15, 0.2) is 0 Å². The van der Waals surface area contributed by atoms with Gasteiger partial charge in [-0.3, -0.25) is 0 Å². The molecular formula is C17H16N. The van der Waals surface area contributed by atoms with E-state index in [1.54, 1.807) is 0 Å². The van der Waals surface area contributed by atoms with Crippen LogP contribution in [0.2, 0.25) is 0 Å². The highest BCUT2D eigenvalue weighted by atomic mass is 14.7. The third-order valence-corrected chi connectivity index (χ3v) is 3.49. The first-order chi connectivity index (χ1) is 8.90. The normalized spacial score (nSPS) is 12.7. The van der Waals surface area contributed by atoms with Gasteiger partial charge in [0.25, 0.3) is 0 Å². The first kappa shape index (κ1) is 11.1. The Labute approximate surface area is 107 Å². The molecule has 18 heavy (non-hydrogen) atoms.